The first-order chi connectivity index (χ1) is 10.7. The number of amides is 2. The molecule has 0 radical (unpaired) electrons. The molecule has 0 aliphatic carbocycles. The van der Waals surface area contributed by atoms with Gasteiger partial charge in [0.1, 0.15) is 0 Å². The molecule has 2 aliphatic rings. The van der Waals surface area contributed by atoms with E-state index in [2.05, 4.69) is 5.32 Å². The number of fused-ring (bicyclic) bond motifs is 2. The number of hydrogen-bond acceptors (Lipinski definition) is 3. The number of para-hydroxylation sites is 1. The summed E-state index contributed by atoms with van der Waals surface area (Å²) in [5, 5.41) is 3.41. The van der Waals surface area contributed by atoms with Gasteiger partial charge in [0.05, 0.1) is 17.2 Å². The highest BCUT2D eigenvalue weighted by atomic mass is 16.2. The van der Waals surface area contributed by atoms with Gasteiger partial charge < -0.3 is 5.32 Å². The van der Waals surface area contributed by atoms with E-state index in [0.29, 0.717) is 17.5 Å². The molecule has 4 rings (SSSR count). The van der Waals surface area contributed by atoms with Gasteiger partial charge in [0.2, 0.25) is 0 Å². The van der Waals surface area contributed by atoms with Crippen LogP contribution >= 0.6 is 0 Å². The highest BCUT2D eigenvalue weighted by Gasteiger charge is 2.43. The van der Waals surface area contributed by atoms with Gasteiger partial charge in [0.15, 0.2) is 0 Å². The third-order valence-electron chi connectivity index (χ3n) is 4.56. The third kappa shape index (κ3) is 1.77. The van der Waals surface area contributed by atoms with Crippen molar-refractivity contribution in [2.45, 2.75) is 25.4 Å². The molecule has 1 N–H and O–H groups in total. The van der Waals surface area contributed by atoms with Crippen molar-refractivity contribution in [3.63, 3.8) is 0 Å². The van der Waals surface area contributed by atoms with E-state index < -0.39 is 0 Å². The maximum atomic E-state index is 12.6. The zero-order valence-electron chi connectivity index (χ0n) is 12.2. The summed E-state index contributed by atoms with van der Waals surface area (Å²) in [5.74, 6) is -0.364. The molecule has 2 atom stereocenters. The fraction of sp³-hybridized carbons (Fsp3) is 0.222. The van der Waals surface area contributed by atoms with E-state index in [4.69, 9.17) is 0 Å². The SMILES string of the molecule is C[C@H]1Nc2ccccc2C[C@H]1N1C(=O)c2ccccc2C1=O. The van der Waals surface area contributed by atoms with Gasteiger partial charge in [-0.15, -0.1) is 0 Å². The second kappa shape index (κ2) is 4.70. The highest BCUT2D eigenvalue weighted by Crippen LogP contribution is 2.32. The van der Waals surface area contributed by atoms with Crippen LogP contribution in [0.1, 0.15) is 33.2 Å². The summed E-state index contributed by atoms with van der Waals surface area (Å²) in [5.41, 5.74) is 3.25. The van der Waals surface area contributed by atoms with Gasteiger partial charge in [-0.05, 0) is 37.1 Å². The Morgan fingerprint density at radius 1 is 0.955 bits per heavy atom. The van der Waals surface area contributed by atoms with Crippen LogP contribution in [0, 0.1) is 0 Å². The second-order valence-corrected chi connectivity index (χ2v) is 5.89. The molecule has 2 aromatic carbocycles. The molecular weight excluding hydrogens is 276 g/mol. The molecule has 0 aromatic heterocycles. The smallest absolute Gasteiger partial charge is 0.261 e. The average Bonchev–Trinajstić information content (AvgIpc) is 2.79. The molecule has 2 aromatic rings. The van der Waals surface area contributed by atoms with E-state index in [-0.39, 0.29) is 23.9 Å². The van der Waals surface area contributed by atoms with Crippen molar-refractivity contribution in [1.82, 2.24) is 4.90 Å². The van der Waals surface area contributed by atoms with Gasteiger partial charge in [-0.2, -0.15) is 0 Å². The number of anilines is 1. The van der Waals surface area contributed by atoms with Crippen LogP contribution in [0.5, 0.6) is 0 Å². The van der Waals surface area contributed by atoms with E-state index >= 15 is 0 Å². The number of rotatable bonds is 1. The predicted molar refractivity (Wildman–Crippen MR) is 84.0 cm³/mol. The lowest BCUT2D eigenvalue weighted by Gasteiger charge is -2.37. The number of nitrogens with one attached hydrogen (secondary N) is 1. The fourth-order valence-corrected chi connectivity index (χ4v) is 3.41. The highest BCUT2D eigenvalue weighted by molar-refractivity contribution is 6.21. The van der Waals surface area contributed by atoms with E-state index in [1.165, 1.54) is 4.90 Å². The monoisotopic (exact) mass is 292 g/mol. The van der Waals surface area contributed by atoms with E-state index in [9.17, 15) is 9.59 Å². The number of hydrogen-bond donors (Lipinski definition) is 1. The summed E-state index contributed by atoms with van der Waals surface area (Å²) in [6.45, 7) is 2.02. The number of imide groups is 1. The van der Waals surface area contributed by atoms with Crippen molar-refractivity contribution in [2.24, 2.45) is 0 Å². The number of nitrogens with zero attached hydrogens (tertiary/aromatic N) is 1. The summed E-state index contributed by atoms with van der Waals surface area (Å²) >= 11 is 0. The van der Waals surface area contributed by atoms with Gasteiger partial charge in [-0.1, -0.05) is 30.3 Å². The largest absolute Gasteiger partial charge is 0.380 e. The van der Waals surface area contributed by atoms with Crippen LogP contribution in [0.2, 0.25) is 0 Å². The predicted octanol–water partition coefficient (Wildman–Crippen LogP) is 2.71. The van der Waals surface area contributed by atoms with Crippen LogP contribution in [0.4, 0.5) is 5.69 Å². The van der Waals surface area contributed by atoms with Crippen LogP contribution in [0.15, 0.2) is 48.5 Å². The number of carbonyl (C=O) groups excluding carboxylic acids is 2. The van der Waals surface area contributed by atoms with Gasteiger partial charge in [-0.25, -0.2) is 0 Å². The normalized spacial score (nSPS) is 23.0. The standard InChI is InChI=1S/C18H16N2O2/c1-11-16(10-12-6-2-5-9-15(12)19-11)20-17(21)13-7-3-4-8-14(13)18(20)22/h2-9,11,16,19H,10H2,1H3/t11-,16-/m1/s1. The Hall–Kier alpha value is -2.62. The third-order valence-corrected chi connectivity index (χ3v) is 4.56. The first kappa shape index (κ1) is 13.1. The maximum Gasteiger partial charge on any atom is 0.261 e. The van der Waals surface area contributed by atoms with Crippen LogP contribution in [-0.4, -0.2) is 28.8 Å². The van der Waals surface area contributed by atoms with Gasteiger partial charge in [-0.3, -0.25) is 14.5 Å². The van der Waals surface area contributed by atoms with Crippen LogP contribution in [-0.2, 0) is 6.42 Å². The van der Waals surface area contributed by atoms with Crippen molar-refractivity contribution < 1.29 is 9.59 Å². The Bertz CT molecular complexity index is 749. The molecule has 0 saturated heterocycles. The molecule has 4 nitrogen and oxygen atoms in total. The van der Waals surface area contributed by atoms with Crippen LogP contribution in [0.3, 0.4) is 0 Å². The van der Waals surface area contributed by atoms with Gasteiger partial charge >= 0.3 is 0 Å². The van der Waals surface area contributed by atoms with Gasteiger partial charge in [0, 0.05) is 11.7 Å². The minimum Gasteiger partial charge on any atom is -0.380 e. The molecule has 110 valence electrons. The molecule has 0 spiro atoms. The zero-order chi connectivity index (χ0) is 15.3. The van der Waals surface area contributed by atoms with Crippen LogP contribution < -0.4 is 5.32 Å². The van der Waals surface area contributed by atoms with Crippen molar-refractivity contribution in [3.8, 4) is 0 Å². The second-order valence-electron chi connectivity index (χ2n) is 5.89. The van der Waals surface area contributed by atoms with Crippen molar-refractivity contribution in [3.05, 3.63) is 65.2 Å². The molecule has 2 aliphatic heterocycles. The lowest BCUT2D eigenvalue weighted by atomic mass is 9.93. The van der Waals surface area contributed by atoms with E-state index in [1.54, 1.807) is 24.3 Å². The summed E-state index contributed by atoms with van der Waals surface area (Å²) in [7, 11) is 0. The quantitative estimate of drug-likeness (QED) is 0.822. The molecule has 0 bridgehead atoms. The molecule has 0 fully saturated rings. The van der Waals surface area contributed by atoms with E-state index in [1.807, 2.05) is 31.2 Å². The molecule has 22 heavy (non-hydrogen) atoms. The first-order valence-electron chi connectivity index (χ1n) is 7.48. The van der Waals surface area contributed by atoms with Gasteiger partial charge in [0.25, 0.3) is 11.8 Å². The summed E-state index contributed by atoms with van der Waals surface area (Å²) < 4.78 is 0. The van der Waals surface area contributed by atoms with Crippen molar-refractivity contribution >= 4 is 17.5 Å². The fourth-order valence-electron chi connectivity index (χ4n) is 3.41. The summed E-state index contributed by atoms with van der Waals surface area (Å²) in [6.07, 6.45) is 0.690. The Morgan fingerprint density at radius 3 is 2.23 bits per heavy atom. The number of carbonyl (C=O) groups is 2. The zero-order valence-corrected chi connectivity index (χ0v) is 12.2. The minimum atomic E-state index is -0.182. The molecule has 2 amide bonds. The summed E-state index contributed by atoms with van der Waals surface area (Å²) in [6, 6.07) is 15.0. The Kier molecular flexibility index (Phi) is 2.79. The Balaban J connectivity index is 1.72. The van der Waals surface area contributed by atoms with Crippen LogP contribution in [0.25, 0.3) is 0 Å². The molecule has 4 heteroatoms. The molecule has 0 unspecified atom stereocenters. The van der Waals surface area contributed by atoms with Crippen molar-refractivity contribution in [2.75, 3.05) is 5.32 Å². The Labute approximate surface area is 128 Å². The van der Waals surface area contributed by atoms with Crippen molar-refractivity contribution in [1.29, 1.82) is 0 Å². The summed E-state index contributed by atoms with van der Waals surface area (Å²) in [4.78, 5) is 26.7. The lowest BCUT2D eigenvalue weighted by Crippen LogP contribution is -2.51. The molecular formula is C18H16N2O2. The number of benzene rings is 2. The minimum absolute atomic E-state index is 0.0251. The topological polar surface area (TPSA) is 49.4 Å². The lowest BCUT2D eigenvalue weighted by molar-refractivity contribution is 0.0567. The molecule has 2 heterocycles. The maximum absolute atomic E-state index is 12.6. The average molecular weight is 292 g/mol. The Morgan fingerprint density at radius 2 is 1.55 bits per heavy atom. The molecule has 0 saturated carbocycles. The van der Waals surface area contributed by atoms with E-state index in [0.717, 1.165) is 11.3 Å². The first-order valence-corrected chi connectivity index (χ1v) is 7.48.